The first-order chi connectivity index (χ1) is 10.0. The summed E-state index contributed by atoms with van der Waals surface area (Å²) in [6, 6.07) is 6.72. The average Bonchev–Trinajstić information content (AvgIpc) is 2.49. The number of pyridine rings is 2. The molecule has 2 rings (SSSR count). The van der Waals surface area contributed by atoms with Crippen molar-refractivity contribution in [2.24, 2.45) is 0 Å². The highest BCUT2D eigenvalue weighted by atomic mass is 35.5. The second-order valence-corrected chi connectivity index (χ2v) is 4.80. The molecular weight excluding hydrogens is 292 g/mol. The summed E-state index contributed by atoms with van der Waals surface area (Å²) in [5.74, 6) is 0.854. The second kappa shape index (κ2) is 6.41. The maximum atomic E-state index is 12.1. The normalized spacial score (nSPS) is 10.1. The van der Waals surface area contributed by atoms with Crippen molar-refractivity contribution in [2.45, 2.75) is 0 Å². The lowest BCUT2D eigenvalue weighted by atomic mass is 10.2. The zero-order chi connectivity index (χ0) is 15.4. The summed E-state index contributed by atoms with van der Waals surface area (Å²) < 4.78 is 4.95. The first-order valence-corrected chi connectivity index (χ1v) is 6.54. The molecule has 0 radical (unpaired) electrons. The van der Waals surface area contributed by atoms with Crippen LogP contribution in [0.15, 0.2) is 30.5 Å². The van der Waals surface area contributed by atoms with E-state index >= 15 is 0 Å². The van der Waals surface area contributed by atoms with E-state index in [9.17, 15) is 4.79 Å². The summed E-state index contributed by atoms with van der Waals surface area (Å²) in [4.78, 5) is 22.1. The summed E-state index contributed by atoms with van der Waals surface area (Å²) in [6.45, 7) is 0. The minimum Gasteiger partial charge on any atom is -0.481 e. The number of ether oxygens (including phenoxy) is 1. The molecule has 0 atom stereocenters. The predicted molar refractivity (Wildman–Crippen MR) is 82.3 cm³/mol. The molecule has 6 nitrogen and oxygen atoms in total. The highest BCUT2D eigenvalue weighted by molar-refractivity contribution is 6.32. The highest BCUT2D eigenvalue weighted by Crippen LogP contribution is 2.23. The monoisotopic (exact) mass is 306 g/mol. The Hall–Kier alpha value is -2.34. The Kier molecular flexibility index (Phi) is 4.59. The molecule has 0 bridgehead atoms. The maximum Gasteiger partial charge on any atom is 0.257 e. The minimum absolute atomic E-state index is 0.167. The van der Waals surface area contributed by atoms with Crippen LogP contribution in [-0.4, -0.2) is 37.1 Å². The molecule has 21 heavy (non-hydrogen) atoms. The topological polar surface area (TPSA) is 67.3 Å². The van der Waals surface area contributed by atoms with Crippen molar-refractivity contribution in [3.63, 3.8) is 0 Å². The van der Waals surface area contributed by atoms with Crippen molar-refractivity contribution in [1.29, 1.82) is 0 Å². The van der Waals surface area contributed by atoms with Crippen molar-refractivity contribution >= 4 is 29.0 Å². The van der Waals surface area contributed by atoms with Crippen LogP contribution in [0.25, 0.3) is 0 Å². The van der Waals surface area contributed by atoms with Gasteiger partial charge in [-0.3, -0.25) is 4.79 Å². The number of nitrogens with one attached hydrogen (secondary N) is 1. The molecule has 0 aliphatic heterocycles. The van der Waals surface area contributed by atoms with Gasteiger partial charge in [-0.25, -0.2) is 4.98 Å². The molecule has 0 aliphatic carbocycles. The Morgan fingerprint density at radius 2 is 2.05 bits per heavy atom. The summed E-state index contributed by atoms with van der Waals surface area (Å²) >= 11 is 5.98. The molecule has 0 saturated heterocycles. The molecule has 0 aromatic carbocycles. The molecule has 110 valence electrons. The van der Waals surface area contributed by atoms with Crippen LogP contribution in [0.2, 0.25) is 5.15 Å². The number of rotatable bonds is 4. The number of hydrogen-bond donors (Lipinski definition) is 1. The Morgan fingerprint density at radius 1 is 1.29 bits per heavy atom. The van der Waals surface area contributed by atoms with Crippen LogP contribution in [0, 0.1) is 0 Å². The number of anilines is 2. The first-order valence-electron chi connectivity index (χ1n) is 6.16. The number of carbonyl (C=O) groups is 1. The Bertz CT molecular complexity index is 644. The molecule has 1 amide bonds. The summed E-state index contributed by atoms with van der Waals surface area (Å²) in [5, 5.41) is 2.85. The van der Waals surface area contributed by atoms with Gasteiger partial charge in [-0.05, 0) is 18.2 Å². The largest absolute Gasteiger partial charge is 0.481 e. The van der Waals surface area contributed by atoms with Gasteiger partial charge in [0.05, 0.1) is 18.4 Å². The van der Waals surface area contributed by atoms with Gasteiger partial charge in [0.15, 0.2) is 5.15 Å². The van der Waals surface area contributed by atoms with Crippen LogP contribution in [0.5, 0.6) is 5.88 Å². The van der Waals surface area contributed by atoms with Crippen LogP contribution in [0.4, 0.5) is 11.5 Å². The predicted octanol–water partition coefficient (Wildman–Crippen LogP) is 2.46. The van der Waals surface area contributed by atoms with Crippen LogP contribution < -0.4 is 15.0 Å². The second-order valence-electron chi connectivity index (χ2n) is 4.45. The highest BCUT2D eigenvalue weighted by Gasteiger charge is 2.11. The molecule has 0 aliphatic rings. The SMILES string of the molecule is COc1ccc(NC(=O)c2ccc(N(C)C)nc2)c(Cl)n1. The van der Waals surface area contributed by atoms with Crippen LogP contribution in [0.1, 0.15) is 10.4 Å². The van der Waals surface area contributed by atoms with Crippen molar-refractivity contribution in [3.8, 4) is 5.88 Å². The number of hydrogen-bond acceptors (Lipinski definition) is 5. The van der Waals surface area contributed by atoms with Gasteiger partial charge in [-0.15, -0.1) is 0 Å². The molecular formula is C14H15ClN4O2. The number of nitrogens with zero attached hydrogens (tertiary/aromatic N) is 3. The van der Waals surface area contributed by atoms with E-state index in [1.807, 2.05) is 19.0 Å². The fourth-order valence-corrected chi connectivity index (χ4v) is 1.80. The fraction of sp³-hybridized carbons (Fsp3) is 0.214. The van der Waals surface area contributed by atoms with Crippen molar-refractivity contribution < 1.29 is 9.53 Å². The van der Waals surface area contributed by atoms with Crippen LogP contribution >= 0.6 is 11.6 Å². The number of carbonyl (C=O) groups excluding carboxylic acids is 1. The van der Waals surface area contributed by atoms with E-state index in [0.29, 0.717) is 17.1 Å². The van der Waals surface area contributed by atoms with Gasteiger partial charge in [0.2, 0.25) is 5.88 Å². The lowest BCUT2D eigenvalue weighted by Crippen LogP contribution is -2.15. The van der Waals surface area contributed by atoms with Gasteiger partial charge in [-0.1, -0.05) is 11.6 Å². The first kappa shape index (κ1) is 15.1. The number of amides is 1. The van der Waals surface area contributed by atoms with Gasteiger partial charge in [0.1, 0.15) is 5.82 Å². The number of halogens is 1. The van der Waals surface area contributed by atoms with E-state index in [2.05, 4.69) is 15.3 Å². The third-order valence-electron chi connectivity index (χ3n) is 2.75. The third kappa shape index (κ3) is 3.61. The molecule has 2 heterocycles. The van der Waals surface area contributed by atoms with Crippen molar-refractivity contribution in [2.75, 3.05) is 31.4 Å². The van der Waals surface area contributed by atoms with E-state index < -0.39 is 0 Å². The van der Waals surface area contributed by atoms with Crippen LogP contribution in [-0.2, 0) is 0 Å². The standard InChI is InChI=1S/C14H15ClN4O2/c1-19(2)11-6-4-9(8-16-11)14(20)17-10-5-7-12(21-3)18-13(10)15/h4-8H,1-3H3,(H,17,20). The van der Waals surface area contributed by atoms with Crippen molar-refractivity contribution in [1.82, 2.24) is 9.97 Å². The molecule has 1 N–H and O–H groups in total. The lowest BCUT2D eigenvalue weighted by molar-refractivity contribution is 0.102. The van der Waals surface area contributed by atoms with E-state index in [-0.39, 0.29) is 11.1 Å². The number of methoxy groups -OCH3 is 1. The van der Waals surface area contributed by atoms with Gasteiger partial charge >= 0.3 is 0 Å². The van der Waals surface area contributed by atoms with E-state index in [1.54, 1.807) is 24.3 Å². The van der Waals surface area contributed by atoms with E-state index in [0.717, 1.165) is 5.82 Å². The number of aromatic nitrogens is 2. The third-order valence-corrected chi connectivity index (χ3v) is 3.04. The van der Waals surface area contributed by atoms with Gasteiger partial charge < -0.3 is 15.0 Å². The zero-order valence-electron chi connectivity index (χ0n) is 11.9. The molecule has 0 unspecified atom stereocenters. The zero-order valence-corrected chi connectivity index (χ0v) is 12.7. The summed E-state index contributed by atoms with van der Waals surface area (Å²) in [5.41, 5.74) is 0.853. The quantitative estimate of drug-likeness (QED) is 0.879. The Labute approximate surface area is 127 Å². The van der Waals surface area contributed by atoms with E-state index in [1.165, 1.54) is 13.3 Å². The molecule has 0 fully saturated rings. The Morgan fingerprint density at radius 3 is 2.57 bits per heavy atom. The average molecular weight is 307 g/mol. The summed E-state index contributed by atoms with van der Waals surface area (Å²) in [6.07, 6.45) is 1.51. The van der Waals surface area contributed by atoms with Gasteiger partial charge in [-0.2, -0.15) is 4.98 Å². The smallest absolute Gasteiger partial charge is 0.257 e. The molecule has 0 saturated carbocycles. The molecule has 0 spiro atoms. The molecule has 7 heteroatoms. The molecule has 2 aromatic heterocycles. The van der Waals surface area contributed by atoms with Crippen LogP contribution in [0.3, 0.4) is 0 Å². The molecule has 2 aromatic rings. The fourth-order valence-electron chi connectivity index (χ4n) is 1.60. The summed E-state index contributed by atoms with van der Waals surface area (Å²) in [7, 11) is 5.25. The van der Waals surface area contributed by atoms with Gasteiger partial charge in [0, 0.05) is 26.4 Å². The van der Waals surface area contributed by atoms with Gasteiger partial charge in [0.25, 0.3) is 5.91 Å². The van der Waals surface area contributed by atoms with E-state index in [4.69, 9.17) is 16.3 Å². The minimum atomic E-state index is -0.304. The van der Waals surface area contributed by atoms with Crippen molar-refractivity contribution in [3.05, 3.63) is 41.2 Å². The Balaban J connectivity index is 2.14. The maximum absolute atomic E-state index is 12.1. The lowest BCUT2D eigenvalue weighted by Gasteiger charge is -2.11.